The smallest absolute Gasteiger partial charge is 0.317 e. The molecule has 112 valence electrons. The largest absolute Gasteiger partial charge is 0.481 e. The van der Waals surface area contributed by atoms with E-state index in [2.05, 4.69) is 5.32 Å². The van der Waals surface area contributed by atoms with Gasteiger partial charge in [-0.3, -0.25) is 4.79 Å². The molecule has 2 N–H and O–H groups in total. The fraction of sp³-hybridized carbons (Fsp3) is 0.857. The highest BCUT2D eigenvalue weighted by Gasteiger charge is 2.43. The van der Waals surface area contributed by atoms with Gasteiger partial charge in [-0.25, -0.2) is 4.79 Å². The molecule has 0 aromatic carbocycles. The van der Waals surface area contributed by atoms with E-state index in [0.717, 1.165) is 13.0 Å². The number of carboxylic acid groups (broad SMARTS) is 1. The van der Waals surface area contributed by atoms with Crippen LogP contribution >= 0.6 is 0 Å². The van der Waals surface area contributed by atoms with Crippen molar-refractivity contribution in [3.63, 3.8) is 0 Å². The van der Waals surface area contributed by atoms with Crippen molar-refractivity contribution in [1.82, 2.24) is 10.2 Å². The molecule has 3 rings (SSSR count). The number of aliphatic carboxylic acids is 1. The van der Waals surface area contributed by atoms with Crippen LogP contribution in [-0.4, -0.2) is 53.8 Å². The van der Waals surface area contributed by atoms with E-state index in [-0.39, 0.29) is 30.0 Å². The van der Waals surface area contributed by atoms with E-state index in [4.69, 9.17) is 9.84 Å². The van der Waals surface area contributed by atoms with Gasteiger partial charge >= 0.3 is 12.0 Å². The standard InChI is InChI=1S/C14H22N2O4/c1-8(13(17)18)10-6-16(7-10)14(19)15-11-4-5-20-12(11)9-2-3-9/h8-12H,2-7H2,1H3,(H,15,19)(H,17,18). The summed E-state index contributed by atoms with van der Waals surface area (Å²) in [5, 5.41) is 12.0. The molecule has 0 bridgehead atoms. The van der Waals surface area contributed by atoms with E-state index < -0.39 is 5.97 Å². The molecule has 2 heterocycles. The fourth-order valence-corrected chi connectivity index (χ4v) is 3.10. The van der Waals surface area contributed by atoms with Gasteiger partial charge in [-0.05, 0) is 25.2 Å². The molecule has 0 spiro atoms. The minimum Gasteiger partial charge on any atom is -0.481 e. The van der Waals surface area contributed by atoms with Crippen LogP contribution < -0.4 is 5.32 Å². The van der Waals surface area contributed by atoms with Crippen molar-refractivity contribution >= 4 is 12.0 Å². The number of nitrogens with zero attached hydrogens (tertiary/aromatic N) is 1. The fourth-order valence-electron chi connectivity index (χ4n) is 3.10. The van der Waals surface area contributed by atoms with E-state index in [0.29, 0.717) is 19.0 Å². The van der Waals surface area contributed by atoms with Gasteiger partial charge in [-0.2, -0.15) is 0 Å². The number of nitrogens with one attached hydrogen (secondary N) is 1. The average Bonchev–Trinajstić information content (AvgIpc) is 3.08. The molecular formula is C14H22N2O4. The van der Waals surface area contributed by atoms with Crippen molar-refractivity contribution in [3.8, 4) is 0 Å². The minimum atomic E-state index is -0.784. The van der Waals surface area contributed by atoms with Gasteiger partial charge in [0, 0.05) is 25.6 Å². The highest BCUT2D eigenvalue weighted by Crippen LogP contribution is 2.38. The average molecular weight is 282 g/mol. The van der Waals surface area contributed by atoms with Gasteiger partial charge in [0.05, 0.1) is 18.1 Å². The Morgan fingerprint density at radius 3 is 2.60 bits per heavy atom. The molecule has 0 aromatic rings. The van der Waals surface area contributed by atoms with Crippen molar-refractivity contribution in [2.45, 2.75) is 38.3 Å². The van der Waals surface area contributed by atoms with Crippen LogP contribution in [0.25, 0.3) is 0 Å². The molecule has 2 saturated heterocycles. The van der Waals surface area contributed by atoms with Crippen LogP contribution in [0.2, 0.25) is 0 Å². The maximum atomic E-state index is 12.1. The number of carboxylic acids is 1. The lowest BCUT2D eigenvalue weighted by Gasteiger charge is -2.41. The molecule has 3 atom stereocenters. The predicted octanol–water partition coefficient (Wildman–Crippen LogP) is 0.916. The lowest BCUT2D eigenvalue weighted by molar-refractivity contribution is -0.144. The Hall–Kier alpha value is -1.30. The summed E-state index contributed by atoms with van der Waals surface area (Å²) >= 11 is 0. The highest BCUT2D eigenvalue weighted by molar-refractivity contribution is 5.76. The summed E-state index contributed by atoms with van der Waals surface area (Å²) in [5.41, 5.74) is 0. The van der Waals surface area contributed by atoms with Crippen LogP contribution in [0.1, 0.15) is 26.2 Å². The zero-order valence-corrected chi connectivity index (χ0v) is 11.7. The number of rotatable bonds is 4. The quantitative estimate of drug-likeness (QED) is 0.803. The monoisotopic (exact) mass is 282 g/mol. The van der Waals surface area contributed by atoms with Crippen molar-refractivity contribution in [2.24, 2.45) is 17.8 Å². The Balaban J connectivity index is 1.45. The molecule has 0 radical (unpaired) electrons. The second-order valence-corrected chi connectivity index (χ2v) is 6.31. The number of carbonyl (C=O) groups excluding carboxylic acids is 1. The van der Waals surface area contributed by atoms with Crippen molar-refractivity contribution in [2.75, 3.05) is 19.7 Å². The number of carbonyl (C=O) groups is 2. The molecule has 3 unspecified atom stereocenters. The maximum Gasteiger partial charge on any atom is 0.317 e. The molecule has 2 aliphatic heterocycles. The van der Waals surface area contributed by atoms with Crippen LogP contribution in [0, 0.1) is 17.8 Å². The van der Waals surface area contributed by atoms with E-state index in [1.165, 1.54) is 12.8 Å². The predicted molar refractivity (Wildman–Crippen MR) is 71.3 cm³/mol. The molecule has 3 aliphatic rings. The van der Waals surface area contributed by atoms with Crippen LogP contribution in [0.15, 0.2) is 0 Å². The summed E-state index contributed by atoms with van der Waals surface area (Å²) in [4.78, 5) is 24.7. The topological polar surface area (TPSA) is 78.9 Å². The normalized spacial score (nSPS) is 31.8. The zero-order valence-electron chi connectivity index (χ0n) is 11.7. The molecule has 3 fully saturated rings. The van der Waals surface area contributed by atoms with Crippen LogP contribution in [-0.2, 0) is 9.53 Å². The van der Waals surface area contributed by atoms with Crippen molar-refractivity contribution < 1.29 is 19.4 Å². The zero-order chi connectivity index (χ0) is 14.3. The lowest BCUT2D eigenvalue weighted by atomic mass is 9.87. The summed E-state index contributed by atoms with van der Waals surface area (Å²) in [6, 6.07) is 0.0611. The van der Waals surface area contributed by atoms with Crippen LogP contribution in [0.5, 0.6) is 0 Å². The van der Waals surface area contributed by atoms with E-state index in [1.54, 1.807) is 11.8 Å². The minimum absolute atomic E-state index is 0.0695. The summed E-state index contributed by atoms with van der Waals surface area (Å²) in [7, 11) is 0. The Morgan fingerprint density at radius 1 is 1.30 bits per heavy atom. The molecular weight excluding hydrogens is 260 g/mol. The van der Waals surface area contributed by atoms with Crippen molar-refractivity contribution in [3.05, 3.63) is 0 Å². The number of likely N-dealkylation sites (tertiary alicyclic amines) is 1. The molecule has 6 heteroatoms. The molecule has 1 saturated carbocycles. The summed E-state index contributed by atoms with van der Waals surface area (Å²) in [5.74, 6) is -0.461. The third-order valence-corrected chi connectivity index (χ3v) is 4.82. The second kappa shape index (κ2) is 5.24. The SMILES string of the molecule is CC(C(=O)O)C1CN(C(=O)NC2CCOC2C2CC2)C1. The van der Waals surface area contributed by atoms with Crippen molar-refractivity contribution in [1.29, 1.82) is 0 Å². The first-order chi connectivity index (χ1) is 9.56. The number of urea groups is 1. The Kier molecular flexibility index (Phi) is 3.58. The number of amides is 2. The number of hydrogen-bond donors (Lipinski definition) is 2. The van der Waals surface area contributed by atoms with Gasteiger partial charge in [-0.1, -0.05) is 6.92 Å². The third kappa shape index (κ3) is 2.61. The number of ether oxygens (including phenoxy) is 1. The Bertz CT molecular complexity index is 404. The number of hydrogen-bond acceptors (Lipinski definition) is 3. The second-order valence-electron chi connectivity index (χ2n) is 6.31. The van der Waals surface area contributed by atoms with Gasteiger partial charge < -0.3 is 20.1 Å². The van der Waals surface area contributed by atoms with Crippen LogP contribution in [0.4, 0.5) is 4.79 Å². The molecule has 6 nitrogen and oxygen atoms in total. The van der Waals surface area contributed by atoms with Crippen LogP contribution in [0.3, 0.4) is 0 Å². The van der Waals surface area contributed by atoms with Gasteiger partial charge in [0.15, 0.2) is 0 Å². The third-order valence-electron chi connectivity index (χ3n) is 4.82. The maximum absolute atomic E-state index is 12.1. The van der Waals surface area contributed by atoms with E-state index >= 15 is 0 Å². The first-order valence-corrected chi connectivity index (χ1v) is 7.46. The first kappa shape index (κ1) is 13.7. The summed E-state index contributed by atoms with van der Waals surface area (Å²) in [6.45, 7) is 3.52. The van der Waals surface area contributed by atoms with E-state index in [1.807, 2.05) is 0 Å². The lowest BCUT2D eigenvalue weighted by Crippen LogP contribution is -2.58. The molecule has 20 heavy (non-hydrogen) atoms. The summed E-state index contributed by atoms with van der Waals surface area (Å²) < 4.78 is 5.70. The molecule has 2 amide bonds. The summed E-state index contributed by atoms with van der Waals surface area (Å²) in [6.07, 6.45) is 3.49. The van der Waals surface area contributed by atoms with Gasteiger partial charge in [0.1, 0.15) is 0 Å². The Morgan fingerprint density at radius 2 is 2.00 bits per heavy atom. The van der Waals surface area contributed by atoms with Gasteiger partial charge in [-0.15, -0.1) is 0 Å². The molecule has 1 aliphatic carbocycles. The van der Waals surface area contributed by atoms with Gasteiger partial charge in [0.25, 0.3) is 0 Å². The first-order valence-electron chi connectivity index (χ1n) is 7.46. The van der Waals surface area contributed by atoms with E-state index in [9.17, 15) is 9.59 Å². The van der Waals surface area contributed by atoms with Gasteiger partial charge in [0.2, 0.25) is 0 Å². The Labute approximate surface area is 118 Å². The molecule has 0 aromatic heterocycles. The highest BCUT2D eigenvalue weighted by atomic mass is 16.5.